The summed E-state index contributed by atoms with van der Waals surface area (Å²) in [4.78, 5) is 12.1. The Bertz CT molecular complexity index is 893. The lowest BCUT2D eigenvalue weighted by Gasteiger charge is -2.07. The van der Waals surface area contributed by atoms with E-state index in [9.17, 15) is 4.79 Å². The van der Waals surface area contributed by atoms with E-state index >= 15 is 0 Å². The van der Waals surface area contributed by atoms with E-state index in [-0.39, 0.29) is 5.91 Å². The van der Waals surface area contributed by atoms with Crippen molar-refractivity contribution in [3.8, 4) is 11.3 Å². The van der Waals surface area contributed by atoms with Crippen LogP contribution in [0.4, 0.5) is 5.69 Å². The SMILES string of the molecule is Cc1ccc(-c2ccc(CCC(=O)Nc3ccccc3C)o2)cc1C. The molecule has 0 saturated carbocycles. The molecule has 0 bridgehead atoms. The maximum atomic E-state index is 12.1. The molecule has 1 aromatic heterocycles. The van der Waals surface area contributed by atoms with Crippen molar-refractivity contribution in [3.63, 3.8) is 0 Å². The Balaban J connectivity index is 1.61. The number of hydrogen-bond acceptors (Lipinski definition) is 2. The Morgan fingerprint density at radius 3 is 2.48 bits per heavy atom. The average Bonchev–Trinajstić information content (AvgIpc) is 3.07. The lowest BCUT2D eigenvalue weighted by atomic mass is 10.1. The molecule has 0 aliphatic heterocycles. The number of para-hydroxylation sites is 1. The van der Waals surface area contributed by atoms with E-state index in [4.69, 9.17) is 4.42 Å². The highest BCUT2D eigenvalue weighted by Crippen LogP contribution is 2.25. The van der Waals surface area contributed by atoms with Crippen LogP contribution in [0.15, 0.2) is 59.0 Å². The number of anilines is 1. The van der Waals surface area contributed by atoms with Crippen LogP contribution >= 0.6 is 0 Å². The molecular formula is C22H23NO2. The van der Waals surface area contributed by atoms with Gasteiger partial charge in [-0.2, -0.15) is 0 Å². The molecule has 0 fully saturated rings. The Kier molecular flexibility index (Phi) is 5.03. The van der Waals surface area contributed by atoms with Gasteiger partial charge in [-0.3, -0.25) is 4.79 Å². The minimum Gasteiger partial charge on any atom is -0.461 e. The van der Waals surface area contributed by atoms with Gasteiger partial charge in [-0.05, 0) is 61.7 Å². The molecule has 1 N–H and O–H groups in total. The zero-order chi connectivity index (χ0) is 17.8. The fourth-order valence-electron chi connectivity index (χ4n) is 2.72. The number of benzene rings is 2. The molecule has 3 heteroatoms. The van der Waals surface area contributed by atoms with Gasteiger partial charge in [-0.1, -0.05) is 30.3 Å². The largest absolute Gasteiger partial charge is 0.461 e. The topological polar surface area (TPSA) is 42.2 Å². The lowest BCUT2D eigenvalue weighted by Crippen LogP contribution is -2.12. The predicted octanol–water partition coefficient (Wildman–Crippen LogP) is 5.44. The van der Waals surface area contributed by atoms with E-state index in [1.54, 1.807) is 0 Å². The van der Waals surface area contributed by atoms with Gasteiger partial charge in [0, 0.05) is 24.1 Å². The number of hydrogen-bond donors (Lipinski definition) is 1. The molecule has 0 atom stereocenters. The molecular weight excluding hydrogens is 310 g/mol. The molecule has 25 heavy (non-hydrogen) atoms. The standard InChI is InChI=1S/C22H23NO2/c1-15-8-9-18(14-17(15)3)21-12-10-19(25-21)11-13-22(24)23-20-7-5-4-6-16(20)2/h4-10,12,14H,11,13H2,1-3H3,(H,23,24). The van der Waals surface area contributed by atoms with Gasteiger partial charge in [0.1, 0.15) is 11.5 Å². The Labute approximate surface area is 148 Å². The summed E-state index contributed by atoms with van der Waals surface area (Å²) in [6, 6.07) is 18.0. The maximum Gasteiger partial charge on any atom is 0.224 e. The molecule has 3 nitrogen and oxygen atoms in total. The first kappa shape index (κ1) is 17.0. The molecule has 0 radical (unpaired) electrons. The first-order chi connectivity index (χ1) is 12.0. The van der Waals surface area contributed by atoms with Crippen LogP contribution in [0, 0.1) is 20.8 Å². The smallest absolute Gasteiger partial charge is 0.224 e. The van der Waals surface area contributed by atoms with Crippen molar-refractivity contribution >= 4 is 11.6 Å². The monoisotopic (exact) mass is 333 g/mol. The van der Waals surface area contributed by atoms with E-state index in [1.807, 2.05) is 43.3 Å². The van der Waals surface area contributed by atoms with Gasteiger partial charge in [-0.25, -0.2) is 0 Å². The summed E-state index contributed by atoms with van der Waals surface area (Å²) >= 11 is 0. The molecule has 0 unspecified atom stereocenters. The molecule has 1 amide bonds. The van der Waals surface area contributed by atoms with Crippen LogP contribution in [0.25, 0.3) is 11.3 Å². The Hall–Kier alpha value is -2.81. The molecule has 3 aromatic rings. The van der Waals surface area contributed by atoms with Crippen molar-refractivity contribution < 1.29 is 9.21 Å². The number of amides is 1. The average molecular weight is 333 g/mol. The quantitative estimate of drug-likeness (QED) is 0.675. The first-order valence-electron chi connectivity index (χ1n) is 8.55. The van der Waals surface area contributed by atoms with E-state index in [0.717, 1.165) is 28.3 Å². The van der Waals surface area contributed by atoms with Crippen molar-refractivity contribution in [1.29, 1.82) is 0 Å². The summed E-state index contributed by atoms with van der Waals surface area (Å²) in [6.07, 6.45) is 0.983. The fraction of sp³-hybridized carbons (Fsp3) is 0.227. The van der Waals surface area contributed by atoms with Crippen molar-refractivity contribution in [3.05, 3.63) is 77.0 Å². The maximum absolute atomic E-state index is 12.1. The van der Waals surface area contributed by atoms with Crippen molar-refractivity contribution in [2.75, 3.05) is 5.32 Å². The third-order valence-electron chi connectivity index (χ3n) is 4.47. The van der Waals surface area contributed by atoms with Gasteiger partial charge in [0.2, 0.25) is 5.91 Å². The molecule has 0 spiro atoms. The second-order valence-electron chi connectivity index (χ2n) is 6.43. The van der Waals surface area contributed by atoms with Gasteiger partial charge in [0.15, 0.2) is 0 Å². The van der Waals surface area contributed by atoms with Gasteiger partial charge in [0.05, 0.1) is 0 Å². The third-order valence-corrected chi connectivity index (χ3v) is 4.47. The first-order valence-corrected chi connectivity index (χ1v) is 8.55. The number of carbonyl (C=O) groups excluding carboxylic acids is 1. The fourth-order valence-corrected chi connectivity index (χ4v) is 2.72. The second-order valence-corrected chi connectivity index (χ2v) is 6.43. The van der Waals surface area contributed by atoms with Crippen molar-refractivity contribution in [2.45, 2.75) is 33.6 Å². The predicted molar refractivity (Wildman–Crippen MR) is 102 cm³/mol. The summed E-state index contributed by atoms with van der Waals surface area (Å²) in [6.45, 7) is 6.18. The van der Waals surface area contributed by atoms with Crippen LogP contribution in [0.1, 0.15) is 28.9 Å². The van der Waals surface area contributed by atoms with E-state index in [2.05, 4.69) is 37.4 Å². The Morgan fingerprint density at radius 2 is 1.72 bits per heavy atom. The summed E-state index contributed by atoms with van der Waals surface area (Å²) < 4.78 is 5.91. The van der Waals surface area contributed by atoms with Crippen LogP contribution in [0.2, 0.25) is 0 Å². The van der Waals surface area contributed by atoms with Crippen LogP contribution in [-0.4, -0.2) is 5.91 Å². The summed E-state index contributed by atoms with van der Waals surface area (Å²) in [7, 11) is 0. The lowest BCUT2D eigenvalue weighted by molar-refractivity contribution is -0.116. The molecule has 1 heterocycles. The molecule has 0 aliphatic carbocycles. The van der Waals surface area contributed by atoms with Crippen LogP contribution in [-0.2, 0) is 11.2 Å². The molecule has 128 valence electrons. The Morgan fingerprint density at radius 1 is 0.920 bits per heavy atom. The minimum atomic E-state index is -0.00145. The normalized spacial score (nSPS) is 10.7. The number of furan rings is 1. The molecule has 0 saturated heterocycles. The van der Waals surface area contributed by atoms with E-state index in [1.165, 1.54) is 11.1 Å². The molecule has 3 rings (SSSR count). The highest BCUT2D eigenvalue weighted by Gasteiger charge is 2.09. The summed E-state index contributed by atoms with van der Waals surface area (Å²) in [5.41, 5.74) is 5.50. The summed E-state index contributed by atoms with van der Waals surface area (Å²) in [5.74, 6) is 1.67. The molecule has 0 aliphatic rings. The zero-order valence-corrected chi connectivity index (χ0v) is 14.9. The van der Waals surface area contributed by atoms with Crippen molar-refractivity contribution in [1.82, 2.24) is 0 Å². The van der Waals surface area contributed by atoms with Crippen LogP contribution < -0.4 is 5.32 Å². The number of aryl methyl sites for hydroxylation is 4. The highest BCUT2D eigenvalue weighted by molar-refractivity contribution is 5.91. The zero-order valence-electron chi connectivity index (χ0n) is 14.9. The second kappa shape index (κ2) is 7.39. The van der Waals surface area contributed by atoms with Crippen molar-refractivity contribution in [2.24, 2.45) is 0 Å². The van der Waals surface area contributed by atoms with Gasteiger partial charge >= 0.3 is 0 Å². The van der Waals surface area contributed by atoms with Gasteiger partial charge in [0.25, 0.3) is 0 Å². The highest BCUT2D eigenvalue weighted by atomic mass is 16.3. The van der Waals surface area contributed by atoms with E-state index < -0.39 is 0 Å². The minimum absolute atomic E-state index is 0.00145. The van der Waals surface area contributed by atoms with Gasteiger partial charge < -0.3 is 9.73 Å². The molecule has 2 aromatic carbocycles. The van der Waals surface area contributed by atoms with Crippen LogP contribution in [0.5, 0.6) is 0 Å². The number of nitrogens with one attached hydrogen (secondary N) is 1. The van der Waals surface area contributed by atoms with Crippen LogP contribution in [0.3, 0.4) is 0 Å². The number of rotatable bonds is 5. The third kappa shape index (κ3) is 4.18. The van der Waals surface area contributed by atoms with E-state index in [0.29, 0.717) is 12.8 Å². The number of carbonyl (C=O) groups is 1. The van der Waals surface area contributed by atoms with Gasteiger partial charge in [-0.15, -0.1) is 0 Å². The summed E-state index contributed by atoms with van der Waals surface area (Å²) in [5, 5.41) is 2.95.